The van der Waals surface area contributed by atoms with Crippen molar-refractivity contribution in [2.75, 3.05) is 6.61 Å². The second-order valence-corrected chi connectivity index (χ2v) is 6.36. The van der Waals surface area contributed by atoms with E-state index in [0.29, 0.717) is 12.2 Å². The van der Waals surface area contributed by atoms with E-state index in [1.165, 1.54) is 0 Å². The maximum Gasteiger partial charge on any atom is 0.222 e. The minimum atomic E-state index is -4.02. The molecule has 1 rings (SSSR count). The quantitative estimate of drug-likeness (QED) is 0.585. The van der Waals surface area contributed by atoms with Gasteiger partial charge in [0.25, 0.3) is 0 Å². The van der Waals surface area contributed by atoms with Gasteiger partial charge in [0.15, 0.2) is 11.0 Å². The molecule has 2 unspecified atom stereocenters. The first-order valence-corrected chi connectivity index (χ1v) is 8.21. The van der Waals surface area contributed by atoms with Crippen LogP contribution in [0, 0.1) is 0 Å². The first-order chi connectivity index (χ1) is 9.38. The number of hydrogen-bond donors (Lipinski definition) is 1. The molecule has 0 aliphatic rings. The van der Waals surface area contributed by atoms with Crippen LogP contribution in [0.4, 0.5) is 0 Å². The molecule has 0 fully saturated rings. The molecule has 0 heterocycles. The van der Waals surface area contributed by atoms with Crippen LogP contribution in [-0.4, -0.2) is 32.2 Å². The molecule has 2 N–H and O–H groups in total. The number of Topliss-reactive ketones (excluding diaryl/α,β-unsaturated/α-hetero) is 1. The highest BCUT2D eigenvalue weighted by atomic mass is 32.2. The Bertz CT molecular complexity index is 527. The van der Waals surface area contributed by atoms with Crippen molar-refractivity contribution >= 4 is 15.8 Å². The van der Waals surface area contributed by atoms with Crippen LogP contribution in [0.1, 0.15) is 37.0 Å². The lowest BCUT2D eigenvalue weighted by molar-refractivity contribution is 0.0546. The number of ether oxygens (including phenoxy) is 1. The number of unbranched alkanes of at least 4 members (excludes halogenated alkanes) is 1. The number of carbonyl (C=O) groups is 1. The summed E-state index contributed by atoms with van der Waals surface area (Å²) in [5.41, 5.74) is 0.317. The Labute approximate surface area is 120 Å². The van der Waals surface area contributed by atoms with Gasteiger partial charge in [0.05, 0.1) is 6.10 Å². The summed E-state index contributed by atoms with van der Waals surface area (Å²) in [4.78, 5) is 12.3. The highest BCUT2D eigenvalue weighted by Crippen LogP contribution is 2.15. The molecule has 0 bridgehead atoms. The second kappa shape index (κ2) is 7.52. The molecular formula is C14H21NO4S. The lowest BCUT2D eigenvalue weighted by Gasteiger charge is -2.21. The Kier molecular flexibility index (Phi) is 6.32. The molecule has 0 aliphatic heterocycles. The van der Waals surface area contributed by atoms with Crippen molar-refractivity contribution in [2.24, 2.45) is 5.14 Å². The summed E-state index contributed by atoms with van der Waals surface area (Å²) in [6.07, 6.45) is 0.963. The first kappa shape index (κ1) is 16.8. The number of primary sulfonamides is 1. The fourth-order valence-electron chi connectivity index (χ4n) is 1.90. The number of sulfonamides is 1. The monoisotopic (exact) mass is 299 g/mol. The molecule has 112 valence electrons. The highest BCUT2D eigenvalue weighted by molar-refractivity contribution is 7.90. The summed E-state index contributed by atoms with van der Waals surface area (Å²) in [7, 11) is -4.02. The summed E-state index contributed by atoms with van der Waals surface area (Å²) in [6, 6.07) is 8.24. The summed E-state index contributed by atoms with van der Waals surface area (Å²) < 4.78 is 28.8. The lowest BCUT2D eigenvalue weighted by atomic mass is 10.1. The van der Waals surface area contributed by atoms with Gasteiger partial charge in [-0.15, -0.1) is 0 Å². The summed E-state index contributed by atoms with van der Waals surface area (Å²) in [6.45, 7) is 3.97. The van der Waals surface area contributed by atoms with E-state index in [2.05, 4.69) is 0 Å². The first-order valence-electron chi connectivity index (χ1n) is 6.60. The molecular weight excluding hydrogens is 278 g/mol. The van der Waals surface area contributed by atoms with E-state index in [9.17, 15) is 13.2 Å². The topological polar surface area (TPSA) is 86.5 Å². The zero-order chi connectivity index (χ0) is 15.2. The van der Waals surface area contributed by atoms with E-state index in [4.69, 9.17) is 9.88 Å². The highest BCUT2D eigenvalue weighted by Gasteiger charge is 2.36. The molecule has 1 aromatic carbocycles. The van der Waals surface area contributed by atoms with Gasteiger partial charge in [-0.3, -0.25) is 4.79 Å². The van der Waals surface area contributed by atoms with Crippen LogP contribution in [-0.2, 0) is 14.8 Å². The van der Waals surface area contributed by atoms with Gasteiger partial charge in [0.2, 0.25) is 10.0 Å². The van der Waals surface area contributed by atoms with E-state index in [1.54, 1.807) is 37.3 Å². The number of ketones is 1. The Balaban J connectivity index is 2.93. The molecule has 0 aromatic heterocycles. The van der Waals surface area contributed by atoms with E-state index in [-0.39, 0.29) is 0 Å². The van der Waals surface area contributed by atoms with E-state index in [0.717, 1.165) is 12.8 Å². The number of hydrogen-bond acceptors (Lipinski definition) is 4. The Morgan fingerprint density at radius 2 is 1.90 bits per heavy atom. The number of benzene rings is 1. The van der Waals surface area contributed by atoms with Crippen molar-refractivity contribution in [3.8, 4) is 0 Å². The Morgan fingerprint density at radius 1 is 1.30 bits per heavy atom. The number of rotatable bonds is 8. The molecule has 0 spiro atoms. The van der Waals surface area contributed by atoms with Gasteiger partial charge in [-0.25, -0.2) is 13.6 Å². The molecule has 0 radical (unpaired) electrons. The predicted molar refractivity (Wildman–Crippen MR) is 78.0 cm³/mol. The zero-order valence-corrected chi connectivity index (χ0v) is 12.6. The molecule has 20 heavy (non-hydrogen) atoms. The largest absolute Gasteiger partial charge is 0.377 e. The fraction of sp³-hybridized carbons (Fsp3) is 0.500. The second-order valence-electron chi connectivity index (χ2n) is 4.67. The van der Waals surface area contributed by atoms with Gasteiger partial charge < -0.3 is 4.74 Å². The number of nitrogens with two attached hydrogens (primary N) is 1. The molecule has 0 saturated carbocycles. The van der Waals surface area contributed by atoms with Crippen LogP contribution in [0.15, 0.2) is 30.3 Å². The van der Waals surface area contributed by atoms with Crippen molar-refractivity contribution in [3.63, 3.8) is 0 Å². The third-order valence-electron chi connectivity index (χ3n) is 2.98. The average Bonchev–Trinajstić information content (AvgIpc) is 2.38. The summed E-state index contributed by atoms with van der Waals surface area (Å²) in [5, 5.41) is 3.82. The zero-order valence-electron chi connectivity index (χ0n) is 11.8. The minimum Gasteiger partial charge on any atom is -0.377 e. The summed E-state index contributed by atoms with van der Waals surface area (Å²) >= 11 is 0. The molecule has 0 saturated heterocycles. The molecule has 5 nitrogen and oxygen atoms in total. The lowest BCUT2D eigenvalue weighted by Crippen LogP contribution is -2.44. The number of carbonyl (C=O) groups excluding carboxylic acids is 1. The van der Waals surface area contributed by atoms with E-state index >= 15 is 0 Å². The average molecular weight is 299 g/mol. The Hall–Kier alpha value is -1.24. The maximum atomic E-state index is 12.3. The van der Waals surface area contributed by atoms with Gasteiger partial charge in [0, 0.05) is 12.2 Å². The smallest absolute Gasteiger partial charge is 0.222 e. The summed E-state index contributed by atoms with van der Waals surface area (Å²) in [5.74, 6) is -0.530. The molecule has 1 aromatic rings. The molecule has 0 aliphatic carbocycles. The van der Waals surface area contributed by atoms with Crippen molar-refractivity contribution in [3.05, 3.63) is 35.9 Å². The maximum absolute atomic E-state index is 12.3. The van der Waals surface area contributed by atoms with Gasteiger partial charge in [-0.2, -0.15) is 0 Å². The van der Waals surface area contributed by atoms with Crippen LogP contribution in [0.5, 0.6) is 0 Å². The van der Waals surface area contributed by atoms with Crippen molar-refractivity contribution < 1.29 is 17.9 Å². The normalized spacial score (nSPS) is 14.8. The van der Waals surface area contributed by atoms with Crippen LogP contribution in [0.25, 0.3) is 0 Å². The van der Waals surface area contributed by atoms with Crippen molar-refractivity contribution in [2.45, 2.75) is 38.0 Å². The fourth-order valence-corrected chi connectivity index (χ4v) is 2.94. The molecule has 0 amide bonds. The van der Waals surface area contributed by atoms with Crippen LogP contribution in [0.2, 0.25) is 0 Å². The van der Waals surface area contributed by atoms with Gasteiger partial charge in [-0.1, -0.05) is 43.7 Å². The van der Waals surface area contributed by atoms with Crippen molar-refractivity contribution in [1.82, 2.24) is 0 Å². The third-order valence-corrected chi connectivity index (χ3v) is 4.28. The van der Waals surface area contributed by atoms with E-state index in [1.807, 2.05) is 6.92 Å². The third kappa shape index (κ3) is 4.70. The van der Waals surface area contributed by atoms with Crippen LogP contribution < -0.4 is 5.14 Å². The van der Waals surface area contributed by atoms with Gasteiger partial charge in [0.1, 0.15) is 0 Å². The minimum absolute atomic E-state index is 0.317. The standard InChI is InChI=1S/C14H21NO4S/c1-3-4-10-19-11(2)14(20(15,17)18)13(16)12-8-6-5-7-9-12/h5-9,11,14H,3-4,10H2,1-2H3,(H2,15,17,18). The van der Waals surface area contributed by atoms with Gasteiger partial charge in [-0.05, 0) is 13.3 Å². The predicted octanol–water partition coefficient (Wildman–Crippen LogP) is 1.73. The van der Waals surface area contributed by atoms with Crippen molar-refractivity contribution in [1.29, 1.82) is 0 Å². The van der Waals surface area contributed by atoms with E-state index < -0.39 is 27.2 Å². The molecule has 6 heteroatoms. The molecule has 2 atom stereocenters. The van der Waals surface area contributed by atoms with Crippen LogP contribution >= 0.6 is 0 Å². The van der Waals surface area contributed by atoms with Gasteiger partial charge >= 0.3 is 0 Å². The Morgan fingerprint density at radius 3 is 2.40 bits per heavy atom. The van der Waals surface area contributed by atoms with Crippen LogP contribution in [0.3, 0.4) is 0 Å². The SMILES string of the molecule is CCCCOC(C)C(C(=O)c1ccccc1)S(N)(=O)=O.